The van der Waals surface area contributed by atoms with Crippen LogP contribution in [0.25, 0.3) is 0 Å². The third-order valence-corrected chi connectivity index (χ3v) is 2.83. The van der Waals surface area contributed by atoms with Crippen LogP contribution in [0.2, 0.25) is 0 Å². The van der Waals surface area contributed by atoms with Crippen LogP contribution in [0, 0.1) is 0 Å². The number of phenolic OH excluding ortho intramolecular Hbond substituents is 1. The molecule has 0 fully saturated rings. The van der Waals surface area contributed by atoms with E-state index in [1.54, 1.807) is 12.1 Å². The van der Waals surface area contributed by atoms with Crippen LogP contribution in [-0.2, 0) is 0 Å². The van der Waals surface area contributed by atoms with Gasteiger partial charge in [0.15, 0.2) is 0 Å². The van der Waals surface area contributed by atoms with Gasteiger partial charge in [-0.25, -0.2) is 0 Å². The normalized spacial score (nSPS) is 10.6. The van der Waals surface area contributed by atoms with E-state index in [2.05, 4.69) is 24.1 Å². The van der Waals surface area contributed by atoms with E-state index in [0.717, 1.165) is 26.1 Å². The van der Waals surface area contributed by atoms with Crippen molar-refractivity contribution in [2.75, 3.05) is 26.2 Å². The molecule has 100 valence electrons. The average molecular weight is 250 g/mol. The van der Waals surface area contributed by atoms with Gasteiger partial charge in [0, 0.05) is 18.7 Å². The molecule has 0 bridgehead atoms. The first-order valence-electron chi connectivity index (χ1n) is 6.47. The lowest BCUT2D eigenvalue weighted by Crippen LogP contribution is -2.35. The molecule has 4 nitrogen and oxygen atoms in total. The average Bonchev–Trinajstić information content (AvgIpc) is 2.38. The Bertz CT molecular complexity index is 363. The van der Waals surface area contributed by atoms with E-state index in [0.29, 0.717) is 12.1 Å². The summed E-state index contributed by atoms with van der Waals surface area (Å²) >= 11 is 0. The number of carbonyl (C=O) groups excluding carboxylic acids is 1. The number of nitrogens with one attached hydrogen (secondary N) is 1. The third kappa shape index (κ3) is 4.75. The molecule has 2 N–H and O–H groups in total. The van der Waals surface area contributed by atoms with E-state index in [1.165, 1.54) is 12.1 Å². The van der Waals surface area contributed by atoms with Crippen molar-refractivity contribution in [3.8, 4) is 5.75 Å². The second-order valence-electron chi connectivity index (χ2n) is 4.24. The molecule has 0 radical (unpaired) electrons. The topological polar surface area (TPSA) is 52.6 Å². The maximum atomic E-state index is 11.8. The molecular weight excluding hydrogens is 228 g/mol. The molecule has 1 amide bonds. The van der Waals surface area contributed by atoms with Gasteiger partial charge in [0.05, 0.1) is 0 Å². The van der Waals surface area contributed by atoms with Gasteiger partial charge in [-0.15, -0.1) is 0 Å². The van der Waals surface area contributed by atoms with Gasteiger partial charge in [-0.2, -0.15) is 0 Å². The SMILES string of the molecule is CCCN(CC)CCNC(=O)c1ccc(O)cc1. The number of phenols is 1. The van der Waals surface area contributed by atoms with E-state index in [9.17, 15) is 4.79 Å². The van der Waals surface area contributed by atoms with Crippen molar-refractivity contribution in [2.24, 2.45) is 0 Å². The molecule has 1 aromatic rings. The smallest absolute Gasteiger partial charge is 0.251 e. The monoisotopic (exact) mass is 250 g/mol. The zero-order valence-corrected chi connectivity index (χ0v) is 11.1. The summed E-state index contributed by atoms with van der Waals surface area (Å²) < 4.78 is 0. The van der Waals surface area contributed by atoms with Crippen LogP contribution in [-0.4, -0.2) is 42.1 Å². The zero-order valence-electron chi connectivity index (χ0n) is 11.1. The van der Waals surface area contributed by atoms with Crippen molar-refractivity contribution in [1.82, 2.24) is 10.2 Å². The highest BCUT2D eigenvalue weighted by Crippen LogP contribution is 2.09. The number of carbonyl (C=O) groups is 1. The Hall–Kier alpha value is -1.55. The van der Waals surface area contributed by atoms with Gasteiger partial charge in [-0.05, 0) is 43.8 Å². The minimum atomic E-state index is -0.0949. The summed E-state index contributed by atoms with van der Waals surface area (Å²) in [5.74, 6) is 0.0780. The fourth-order valence-electron chi connectivity index (χ4n) is 1.79. The van der Waals surface area contributed by atoms with Gasteiger partial charge in [0.25, 0.3) is 5.91 Å². The number of amides is 1. The molecule has 0 aliphatic heterocycles. The zero-order chi connectivity index (χ0) is 13.4. The van der Waals surface area contributed by atoms with Crippen molar-refractivity contribution >= 4 is 5.91 Å². The molecule has 0 spiro atoms. The number of nitrogens with zero attached hydrogens (tertiary/aromatic N) is 1. The molecule has 0 heterocycles. The number of hydrogen-bond donors (Lipinski definition) is 2. The number of benzene rings is 1. The van der Waals surface area contributed by atoms with E-state index < -0.39 is 0 Å². The molecule has 0 aliphatic carbocycles. The fourth-order valence-corrected chi connectivity index (χ4v) is 1.79. The molecule has 1 rings (SSSR count). The molecule has 1 aromatic carbocycles. The molecule has 0 saturated carbocycles. The van der Waals surface area contributed by atoms with Crippen LogP contribution in [0.5, 0.6) is 5.75 Å². The first-order valence-corrected chi connectivity index (χ1v) is 6.47. The Morgan fingerprint density at radius 2 is 1.89 bits per heavy atom. The fraction of sp³-hybridized carbons (Fsp3) is 0.500. The number of likely N-dealkylation sites (N-methyl/N-ethyl adjacent to an activating group) is 1. The van der Waals surface area contributed by atoms with Crippen molar-refractivity contribution in [2.45, 2.75) is 20.3 Å². The highest BCUT2D eigenvalue weighted by atomic mass is 16.3. The predicted molar refractivity (Wildman–Crippen MR) is 72.8 cm³/mol. The maximum absolute atomic E-state index is 11.8. The van der Waals surface area contributed by atoms with Gasteiger partial charge in [-0.3, -0.25) is 4.79 Å². The van der Waals surface area contributed by atoms with Gasteiger partial charge in [0.2, 0.25) is 0 Å². The molecule has 0 saturated heterocycles. The lowest BCUT2D eigenvalue weighted by atomic mass is 10.2. The lowest BCUT2D eigenvalue weighted by molar-refractivity contribution is 0.0948. The summed E-state index contributed by atoms with van der Waals surface area (Å²) in [4.78, 5) is 14.1. The highest BCUT2D eigenvalue weighted by molar-refractivity contribution is 5.94. The third-order valence-electron chi connectivity index (χ3n) is 2.83. The van der Waals surface area contributed by atoms with Crippen LogP contribution in [0.15, 0.2) is 24.3 Å². The summed E-state index contributed by atoms with van der Waals surface area (Å²) in [6, 6.07) is 6.28. The Morgan fingerprint density at radius 1 is 1.22 bits per heavy atom. The molecule has 0 atom stereocenters. The second-order valence-corrected chi connectivity index (χ2v) is 4.24. The van der Waals surface area contributed by atoms with Crippen molar-refractivity contribution in [3.63, 3.8) is 0 Å². The van der Waals surface area contributed by atoms with Gasteiger partial charge < -0.3 is 15.3 Å². The molecule has 18 heavy (non-hydrogen) atoms. The van der Waals surface area contributed by atoms with Crippen LogP contribution in [0.1, 0.15) is 30.6 Å². The Balaban J connectivity index is 2.35. The molecule has 0 unspecified atom stereocenters. The van der Waals surface area contributed by atoms with Gasteiger partial charge in [0.1, 0.15) is 5.75 Å². The number of aromatic hydroxyl groups is 1. The first-order chi connectivity index (χ1) is 8.67. The Kier molecular flexibility index (Phi) is 6.22. The highest BCUT2D eigenvalue weighted by Gasteiger charge is 2.05. The summed E-state index contributed by atoms with van der Waals surface area (Å²) in [6.45, 7) is 7.85. The quantitative estimate of drug-likeness (QED) is 0.776. The summed E-state index contributed by atoms with van der Waals surface area (Å²) in [5, 5.41) is 12.0. The molecule has 0 aromatic heterocycles. The molecular formula is C14H22N2O2. The largest absolute Gasteiger partial charge is 0.508 e. The second kappa shape index (κ2) is 7.71. The van der Waals surface area contributed by atoms with E-state index >= 15 is 0 Å². The van der Waals surface area contributed by atoms with Crippen LogP contribution in [0.4, 0.5) is 0 Å². The minimum absolute atomic E-state index is 0.0949. The summed E-state index contributed by atoms with van der Waals surface area (Å²) in [7, 11) is 0. The van der Waals surface area contributed by atoms with Crippen LogP contribution >= 0.6 is 0 Å². The summed E-state index contributed by atoms with van der Waals surface area (Å²) in [5.41, 5.74) is 0.575. The lowest BCUT2D eigenvalue weighted by Gasteiger charge is -2.19. The molecule has 4 heteroatoms. The van der Waals surface area contributed by atoms with Crippen LogP contribution in [0.3, 0.4) is 0 Å². The Morgan fingerprint density at radius 3 is 2.44 bits per heavy atom. The maximum Gasteiger partial charge on any atom is 0.251 e. The summed E-state index contributed by atoms with van der Waals surface area (Å²) in [6.07, 6.45) is 1.12. The van der Waals surface area contributed by atoms with E-state index in [1.807, 2.05) is 0 Å². The van der Waals surface area contributed by atoms with Crippen molar-refractivity contribution in [3.05, 3.63) is 29.8 Å². The minimum Gasteiger partial charge on any atom is -0.508 e. The van der Waals surface area contributed by atoms with Gasteiger partial charge >= 0.3 is 0 Å². The van der Waals surface area contributed by atoms with Crippen molar-refractivity contribution in [1.29, 1.82) is 0 Å². The standard InChI is InChI=1S/C14H22N2O2/c1-3-10-16(4-2)11-9-15-14(18)12-5-7-13(17)8-6-12/h5-8,17H,3-4,9-11H2,1-2H3,(H,15,18). The first kappa shape index (κ1) is 14.5. The molecule has 0 aliphatic rings. The van der Waals surface area contributed by atoms with E-state index in [-0.39, 0.29) is 11.7 Å². The number of rotatable bonds is 7. The Labute approximate surface area is 109 Å². The van der Waals surface area contributed by atoms with E-state index in [4.69, 9.17) is 5.11 Å². The van der Waals surface area contributed by atoms with Gasteiger partial charge in [-0.1, -0.05) is 13.8 Å². The van der Waals surface area contributed by atoms with Crippen LogP contribution < -0.4 is 5.32 Å². The van der Waals surface area contributed by atoms with Crippen molar-refractivity contribution < 1.29 is 9.90 Å². The predicted octanol–water partition coefficient (Wildman–Crippen LogP) is 1.85. The number of hydrogen-bond acceptors (Lipinski definition) is 3.